The molecule has 3 aliphatic rings. The number of fused-ring (bicyclic) bond motifs is 4. The van der Waals surface area contributed by atoms with Crippen LogP contribution in [0.1, 0.15) is 60.1 Å². The second-order valence-corrected chi connectivity index (χ2v) is 13.4. The van der Waals surface area contributed by atoms with E-state index in [0.717, 1.165) is 80.8 Å². The van der Waals surface area contributed by atoms with E-state index >= 15 is 0 Å². The number of nitrogens with one attached hydrogen (secondary N) is 3. The van der Waals surface area contributed by atoms with Gasteiger partial charge in [-0.05, 0) is 55.2 Å². The van der Waals surface area contributed by atoms with Crippen LogP contribution < -0.4 is 20.1 Å². The molecule has 13 heteroatoms. The molecule has 0 bridgehead atoms. The van der Waals surface area contributed by atoms with Gasteiger partial charge in [0.25, 0.3) is 0 Å². The highest BCUT2D eigenvalue weighted by atomic mass is 16.5. The Balaban J connectivity index is 0.907. The molecular formula is C38H35N9O4. The number of hydrogen-bond donors (Lipinski definition) is 3. The van der Waals surface area contributed by atoms with Gasteiger partial charge >= 0.3 is 0 Å². The minimum absolute atomic E-state index is 0.119. The van der Waals surface area contributed by atoms with Gasteiger partial charge in [0.1, 0.15) is 24.7 Å². The lowest BCUT2D eigenvalue weighted by atomic mass is 10.0. The van der Waals surface area contributed by atoms with Crippen molar-refractivity contribution in [1.82, 2.24) is 34.7 Å². The van der Waals surface area contributed by atoms with E-state index in [0.29, 0.717) is 49.5 Å². The molecule has 9 rings (SSSR count). The summed E-state index contributed by atoms with van der Waals surface area (Å²) in [5, 5.41) is 23.3. The minimum Gasteiger partial charge on any atom is -0.487 e. The molecule has 2 amide bonds. The number of nitrogens with zero attached hydrogens (tertiary/aromatic N) is 6. The van der Waals surface area contributed by atoms with E-state index in [1.165, 1.54) is 13.8 Å². The van der Waals surface area contributed by atoms with Crippen LogP contribution in [-0.2, 0) is 42.3 Å². The SMILES string of the molecule is CC(=O)Nc1ccc2c(c1)OCc1cc(-c3cccnc3C3CC3Cc3[nH]ncc3-c3cc4n(n3)Cc3ccc(NC(C)=O)cc3OC4)nn1C2. The molecule has 4 aromatic heterocycles. The molecule has 6 aromatic rings. The van der Waals surface area contributed by atoms with Crippen LogP contribution in [-0.4, -0.2) is 46.6 Å². The van der Waals surface area contributed by atoms with Crippen LogP contribution in [0.5, 0.6) is 11.5 Å². The monoisotopic (exact) mass is 681 g/mol. The number of hydrogen-bond acceptors (Lipinski definition) is 8. The normalized spacial score (nSPS) is 17.0. The van der Waals surface area contributed by atoms with Gasteiger partial charge in [-0.2, -0.15) is 15.3 Å². The predicted octanol–water partition coefficient (Wildman–Crippen LogP) is 5.68. The van der Waals surface area contributed by atoms with Gasteiger partial charge in [-0.15, -0.1) is 0 Å². The van der Waals surface area contributed by atoms with Crippen molar-refractivity contribution in [1.29, 1.82) is 0 Å². The number of rotatable bonds is 7. The Kier molecular flexibility index (Phi) is 7.41. The summed E-state index contributed by atoms with van der Waals surface area (Å²) in [4.78, 5) is 27.9. The molecule has 1 aliphatic carbocycles. The highest BCUT2D eigenvalue weighted by Gasteiger charge is 2.42. The van der Waals surface area contributed by atoms with Gasteiger partial charge in [0.15, 0.2) is 0 Å². The second kappa shape index (κ2) is 12.3. The fourth-order valence-corrected chi connectivity index (χ4v) is 7.20. The van der Waals surface area contributed by atoms with Gasteiger partial charge < -0.3 is 20.1 Å². The summed E-state index contributed by atoms with van der Waals surface area (Å²) in [5.74, 6) is 1.96. The van der Waals surface area contributed by atoms with Crippen LogP contribution in [0.15, 0.2) is 73.1 Å². The van der Waals surface area contributed by atoms with Crippen LogP contribution in [0.25, 0.3) is 22.5 Å². The first-order valence-corrected chi connectivity index (χ1v) is 17.0. The van der Waals surface area contributed by atoms with E-state index in [4.69, 9.17) is 24.7 Å². The maximum Gasteiger partial charge on any atom is 0.221 e. The minimum atomic E-state index is -0.120. The molecule has 1 saturated carbocycles. The third-order valence-corrected chi connectivity index (χ3v) is 9.74. The van der Waals surface area contributed by atoms with Crippen molar-refractivity contribution in [2.75, 3.05) is 10.6 Å². The van der Waals surface area contributed by atoms with Crippen molar-refractivity contribution in [2.24, 2.45) is 5.92 Å². The lowest BCUT2D eigenvalue weighted by Gasteiger charge is -2.10. The first-order valence-electron chi connectivity index (χ1n) is 17.0. The molecule has 2 unspecified atom stereocenters. The molecule has 2 atom stereocenters. The van der Waals surface area contributed by atoms with Crippen molar-refractivity contribution in [3.8, 4) is 34.0 Å². The Morgan fingerprint density at radius 1 is 0.824 bits per heavy atom. The van der Waals surface area contributed by atoms with E-state index in [2.05, 4.69) is 39.0 Å². The highest BCUT2D eigenvalue weighted by Crippen LogP contribution is 2.51. The molecule has 51 heavy (non-hydrogen) atoms. The largest absolute Gasteiger partial charge is 0.487 e. The zero-order chi connectivity index (χ0) is 34.6. The molecule has 0 radical (unpaired) electrons. The number of carbonyl (C=O) groups is 2. The zero-order valence-electron chi connectivity index (χ0n) is 28.1. The molecule has 2 aromatic carbocycles. The Morgan fingerprint density at radius 3 is 2.04 bits per heavy atom. The third kappa shape index (κ3) is 6.00. The van der Waals surface area contributed by atoms with E-state index in [1.807, 2.05) is 64.2 Å². The summed E-state index contributed by atoms with van der Waals surface area (Å²) >= 11 is 0. The number of amides is 2. The van der Waals surface area contributed by atoms with Crippen molar-refractivity contribution in [3.05, 3.63) is 107 Å². The molecule has 2 aliphatic heterocycles. The van der Waals surface area contributed by atoms with Crippen LogP contribution in [0.4, 0.5) is 11.4 Å². The first-order chi connectivity index (χ1) is 24.8. The molecule has 13 nitrogen and oxygen atoms in total. The van der Waals surface area contributed by atoms with Crippen molar-refractivity contribution in [3.63, 3.8) is 0 Å². The maximum atomic E-state index is 11.5. The van der Waals surface area contributed by atoms with E-state index in [1.54, 1.807) is 0 Å². The van der Waals surface area contributed by atoms with Gasteiger partial charge in [0.2, 0.25) is 11.8 Å². The lowest BCUT2D eigenvalue weighted by molar-refractivity contribution is -0.115. The topological polar surface area (TPSA) is 154 Å². The number of aromatic amines is 1. The van der Waals surface area contributed by atoms with Crippen LogP contribution >= 0.6 is 0 Å². The predicted molar refractivity (Wildman–Crippen MR) is 188 cm³/mol. The van der Waals surface area contributed by atoms with E-state index in [-0.39, 0.29) is 11.8 Å². The average Bonchev–Trinajstić information content (AvgIpc) is 3.40. The molecule has 0 spiro atoms. The number of pyridine rings is 1. The number of aromatic nitrogens is 7. The van der Waals surface area contributed by atoms with Crippen LogP contribution in [0.2, 0.25) is 0 Å². The number of anilines is 2. The maximum absolute atomic E-state index is 11.5. The van der Waals surface area contributed by atoms with Crippen LogP contribution in [0.3, 0.4) is 0 Å². The lowest BCUT2D eigenvalue weighted by Crippen LogP contribution is -2.06. The van der Waals surface area contributed by atoms with E-state index in [9.17, 15) is 9.59 Å². The summed E-state index contributed by atoms with van der Waals surface area (Å²) < 4.78 is 16.3. The number of carbonyl (C=O) groups excluding carboxylic acids is 2. The summed E-state index contributed by atoms with van der Waals surface area (Å²) in [6, 6.07) is 19.7. The van der Waals surface area contributed by atoms with Gasteiger partial charge in [-0.3, -0.25) is 29.0 Å². The van der Waals surface area contributed by atoms with Crippen LogP contribution in [0, 0.1) is 5.92 Å². The smallest absolute Gasteiger partial charge is 0.221 e. The van der Waals surface area contributed by atoms with Crippen molar-refractivity contribution < 1.29 is 19.1 Å². The molecule has 0 saturated heterocycles. The zero-order valence-corrected chi connectivity index (χ0v) is 28.1. The molecule has 6 heterocycles. The highest BCUT2D eigenvalue weighted by molar-refractivity contribution is 5.89. The fraction of sp³-hybridized carbons (Fsp3) is 0.263. The van der Waals surface area contributed by atoms with Gasteiger partial charge in [-0.1, -0.05) is 12.1 Å². The van der Waals surface area contributed by atoms with Gasteiger partial charge in [-0.25, -0.2) is 0 Å². The first kappa shape index (κ1) is 30.8. The quantitative estimate of drug-likeness (QED) is 0.195. The summed E-state index contributed by atoms with van der Waals surface area (Å²) in [7, 11) is 0. The Bertz CT molecular complexity index is 2340. The standard InChI is InChI=1S/C38H35N9O4/c1-21(48)41-26-7-5-23-17-46-28(19-50-36(23)12-26)14-34(44-46)30-4-3-9-39-38(30)31-10-25(31)11-33-32(16-40-43-33)35-15-29-20-51-37-13-27(42-22(2)49)8-6-24(37)18-47(29)45-35/h3-9,12-16,25,31H,10-11,17-20H2,1-2H3,(H,40,43)(H,41,48)(H,42,49). The van der Waals surface area contributed by atoms with Gasteiger partial charge in [0.05, 0.1) is 47.8 Å². The van der Waals surface area contributed by atoms with Crippen molar-refractivity contribution >= 4 is 23.2 Å². The average molecular weight is 682 g/mol. The van der Waals surface area contributed by atoms with Crippen molar-refractivity contribution in [2.45, 2.75) is 58.9 Å². The summed E-state index contributed by atoms with van der Waals surface area (Å²) in [6.07, 6.45) is 5.57. The Morgan fingerprint density at radius 2 is 1.43 bits per heavy atom. The molecule has 3 N–H and O–H groups in total. The Hall–Kier alpha value is -6.24. The fourth-order valence-electron chi connectivity index (χ4n) is 7.20. The Labute approximate surface area is 293 Å². The second-order valence-electron chi connectivity index (χ2n) is 13.4. The molecule has 256 valence electrons. The van der Waals surface area contributed by atoms with E-state index < -0.39 is 0 Å². The number of ether oxygens (including phenoxy) is 2. The number of benzene rings is 2. The number of H-pyrrole nitrogens is 1. The third-order valence-electron chi connectivity index (χ3n) is 9.74. The molecular weight excluding hydrogens is 646 g/mol. The summed E-state index contributed by atoms with van der Waals surface area (Å²) in [6.45, 7) is 4.88. The summed E-state index contributed by atoms with van der Waals surface area (Å²) in [5.41, 5.74) is 11.3. The van der Waals surface area contributed by atoms with Gasteiger partial charge in [0, 0.05) is 77.4 Å². The molecule has 1 fully saturated rings.